The molecule has 1 aromatic carbocycles. The molecule has 5 heteroatoms. The molecule has 4 nitrogen and oxygen atoms in total. The van der Waals surface area contributed by atoms with Crippen molar-refractivity contribution in [2.45, 2.75) is 33.2 Å². The van der Waals surface area contributed by atoms with Crippen LogP contribution in [-0.4, -0.2) is 21.8 Å². The van der Waals surface area contributed by atoms with Gasteiger partial charge in [0, 0.05) is 24.4 Å². The Morgan fingerprint density at radius 2 is 2.05 bits per heavy atom. The number of rotatable bonds is 5. The number of halogens is 1. The molecule has 19 heavy (non-hydrogen) atoms. The fourth-order valence-corrected chi connectivity index (χ4v) is 2.25. The van der Waals surface area contributed by atoms with E-state index in [9.17, 15) is 0 Å². The van der Waals surface area contributed by atoms with E-state index in [-0.39, 0.29) is 0 Å². The minimum atomic E-state index is 0.739. The van der Waals surface area contributed by atoms with E-state index in [2.05, 4.69) is 29.2 Å². The zero-order chi connectivity index (χ0) is 13.8. The van der Waals surface area contributed by atoms with E-state index in [0.29, 0.717) is 0 Å². The molecule has 0 unspecified atom stereocenters. The van der Waals surface area contributed by atoms with Crippen molar-refractivity contribution in [3.05, 3.63) is 40.4 Å². The van der Waals surface area contributed by atoms with Gasteiger partial charge in [0.1, 0.15) is 5.82 Å². The molecular formula is C14H19ClN4. The maximum Gasteiger partial charge on any atom is 0.151 e. The van der Waals surface area contributed by atoms with Crippen molar-refractivity contribution in [1.82, 2.24) is 20.1 Å². The molecule has 0 bridgehead atoms. The van der Waals surface area contributed by atoms with Gasteiger partial charge in [-0.05, 0) is 30.8 Å². The van der Waals surface area contributed by atoms with Crippen LogP contribution in [0.2, 0.25) is 5.02 Å². The van der Waals surface area contributed by atoms with Crippen LogP contribution in [0.4, 0.5) is 0 Å². The third kappa shape index (κ3) is 2.96. The molecular weight excluding hydrogens is 260 g/mol. The molecule has 0 fully saturated rings. The first kappa shape index (κ1) is 14.0. The van der Waals surface area contributed by atoms with Gasteiger partial charge in [0.05, 0.1) is 5.69 Å². The largest absolute Gasteiger partial charge is 0.316 e. The Morgan fingerprint density at radius 3 is 2.68 bits per heavy atom. The number of nitrogens with one attached hydrogen (secondary N) is 1. The predicted molar refractivity (Wildman–Crippen MR) is 77.9 cm³/mol. The molecule has 0 atom stereocenters. The van der Waals surface area contributed by atoms with E-state index in [1.807, 2.05) is 29.9 Å². The van der Waals surface area contributed by atoms with E-state index in [1.165, 1.54) is 0 Å². The van der Waals surface area contributed by atoms with Gasteiger partial charge in [-0.25, -0.2) is 9.67 Å². The van der Waals surface area contributed by atoms with Gasteiger partial charge in [-0.3, -0.25) is 0 Å². The second-order valence-electron chi connectivity index (χ2n) is 4.37. The second-order valence-corrected chi connectivity index (χ2v) is 4.80. The monoisotopic (exact) mass is 278 g/mol. The minimum absolute atomic E-state index is 0.739. The van der Waals surface area contributed by atoms with Crippen molar-refractivity contribution in [3.8, 4) is 5.69 Å². The average Bonchev–Trinajstić information content (AvgIpc) is 2.82. The van der Waals surface area contributed by atoms with Gasteiger partial charge in [0.2, 0.25) is 0 Å². The highest BCUT2D eigenvalue weighted by Crippen LogP contribution is 2.21. The summed E-state index contributed by atoms with van der Waals surface area (Å²) in [5.41, 5.74) is 2.17. The second kappa shape index (κ2) is 6.17. The molecule has 0 saturated heterocycles. The van der Waals surface area contributed by atoms with Crippen molar-refractivity contribution < 1.29 is 0 Å². The summed E-state index contributed by atoms with van der Waals surface area (Å²) in [6, 6.07) is 5.87. The molecule has 0 spiro atoms. The maximum atomic E-state index is 6.07. The summed E-state index contributed by atoms with van der Waals surface area (Å²) in [5.74, 6) is 1.86. The van der Waals surface area contributed by atoms with Crippen LogP contribution in [0.1, 0.15) is 31.1 Å². The van der Waals surface area contributed by atoms with Crippen LogP contribution >= 0.6 is 11.6 Å². The van der Waals surface area contributed by atoms with Gasteiger partial charge in [-0.15, -0.1) is 0 Å². The van der Waals surface area contributed by atoms with Gasteiger partial charge in [-0.1, -0.05) is 25.4 Å². The van der Waals surface area contributed by atoms with Crippen LogP contribution in [-0.2, 0) is 19.4 Å². The Bertz CT molecular complexity index is 563. The Labute approximate surface area is 118 Å². The first-order chi connectivity index (χ1) is 9.19. The maximum absolute atomic E-state index is 6.07. The average molecular weight is 279 g/mol. The summed E-state index contributed by atoms with van der Waals surface area (Å²) in [4.78, 5) is 4.55. The molecule has 1 heterocycles. The zero-order valence-electron chi connectivity index (χ0n) is 11.6. The predicted octanol–water partition coefficient (Wildman–Crippen LogP) is 2.76. The minimum Gasteiger partial charge on any atom is -0.316 e. The van der Waals surface area contributed by atoms with Crippen molar-refractivity contribution in [3.63, 3.8) is 0 Å². The number of hydrogen-bond acceptors (Lipinski definition) is 3. The number of aromatic nitrogens is 3. The van der Waals surface area contributed by atoms with Gasteiger partial charge in [-0.2, -0.15) is 5.10 Å². The molecule has 0 aliphatic carbocycles. The number of benzene rings is 1. The first-order valence-corrected chi connectivity index (χ1v) is 6.95. The molecule has 0 aliphatic rings. The van der Waals surface area contributed by atoms with Crippen LogP contribution < -0.4 is 5.32 Å². The quantitative estimate of drug-likeness (QED) is 0.914. The molecule has 0 amide bonds. The molecule has 0 aliphatic heterocycles. The lowest BCUT2D eigenvalue weighted by Crippen LogP contribution is -2.11. The third-order valence-corrected chi connectivity index (χ3v) is 3.22. The lowest BCUT2D eigenvalue weighted by Gasteiger charge is -2.11. The highest BCUT2D eigenvalue weighted by atomic mass is 35.5. The van der Waals surface area contributed by atoms with Gasteiger partial charge in [0.25, 0.3) is 0 Å². The topological polar surface area (TPSA) is 42.7 Å². The first-order valence-electron chi connectivity index (χ1n) is 6.57. The fraction of sp³-hybridized carbons (Fsp3) is 0.429. The summed E-state index contributed by atoms with van der Waals surface area (Å²) in [5, 5.41) is 8.48. The number of nitrogens with zero attached hydrogens (tertiary/aromatic N) is 3. The summed E-state index contributed by atoms with van der Waals surface area (Å²) >= 11 is 6.07. The molecule has 1 aromatic heterocycles. The summed E-state index contributed by atoms with van der Waals surface area (Å²) in [7, 11) is 1.92. The molecule has 2 rings (SSSR count). The number of hydrogen-bond donors (Lipinski definition) is 1. The number of aryl methyl sites for hydroxylation is 2. The Morgan fingerprint density at radius 1 is 1.26 bits per heavy atom. The Kier molecular flexibility index (Phi) is 4.56. The Balaban J connectivity index is 2.53. The fourth-order valence-electron chi connectivity index (χ4n) is 2.06. The molecule has 1 N–H and O–H groups in total. The van der Waals surface area contributed by atoms with Gasteiger partial charge < -0.3 is 5.32 Å². The van der Waals surface area contributed by atoms with Crippen LogP contribution in [0.25, 0.3) is 5.69 Å². The van der Waals surface area contributed by atoms with Crippen molar-refractivity contribution in [1.29, 1.82) is 0 Å². The van der Waals surface area contributed by atoms with E-state index in [4.69, 9.17) is 11.6 Å². The van der Waals surface area contributed by atoms with Crippen LogP contribution in [0.3, 0.4) is 0 Å². The standard InChI is InChI=1S/C14H19ClN4/c1-4-13-17-14(5-2)19(18-13)12-7-6-11(15)8-10(12)9-16-3/h6-8,16H,4-5,9H2,1-3H3. The van der Waals surface area contributed by atoms with E-state index in [0.717, 1.165) is 47.3 Å². The lowest BCUT2D eigenvalue weighted by molar-refractivity contribution is 0.756. The normalized spacial score (nSPS) is 10.9. The Hall–Kier alpha value is -1.39. The van der Waals surface area contributed by atoms with E-state index < -0.39 is 0 Å². The van der Waals surface area contributed by atoms with Crippen LogP contribution in [0.15, 0.2) is 18.2 Å². The SMILES string of the molecule is CCc1nc(CC)n(-c2ccc(Cl)cc2CNC)n1. The van der Waals surface area contributed by atoms with Crippen LogP contribution in [0, 0.1) is 0 Å². The highest BCUT2D eigenvalue weighted by Gasteiger charge is 2.12. The molecule has 2 aromatic rings. The van der Waals surface area contributed by atoms with E-state index >= 15 is 0 Å². The summed E-state index contributed by atoms with van der Waals surface area (Å²) in [6.45, 7) is 4.91. The third-order valence-electron chi connectivity index (χ3n) is 2.99. The molecule has 0 radical (unpaired) electrons. The molecule has 102 valence electrons. The zero-order valence-corrected chi connectivity index (χ0v) is 12.3. The van der Waals surface area contributed by atoms with Gasteiger partial charge in [0.15, 0.2) is 5.82 Å². The summed E-state index contributed by atoms with van der Waals surface area (Å²) in [6.07, 6.45) is 1.70. The van der Waals surface area contributed by atoms with Crippen molar-refractivity contribution in [2.24, 2.45) is 0 Å². The van der Waals surface area contributed by atoms with Crippen molar-refractivity contribution in [2.75, 3.05) is 7.05 Å². The van der Waals surface area contributed by atoms with Gasteiger partial charge >= 0.3 is 0 Å². The van der Waals surface area contributed by atoms with Crippen molar-refractivity contribution >= 4 is 11.6 Å². The lowest BCUT2D eigenvalue weighted by atomic mass is 10.1. The smallest absolute Gasteiger partial charge is 0.151 e. The highest BCUT2D eigenvalue weighted by molar-refractivity contribution is 6.30. The summed E-state index contributed by atoms with van der Waals surface area (Å²) < 4.78 is 1.93. The van der Waals surface area contributed by atoms with Crippen LogP contribution in [0.5, 0.6) is 0 Å². The molecule has 0 saturated carbocycles. The van der Waals surface area contributed by atoms with E-state index in [1.54, 1.807) is 0 Å².